The minimum Gasteiger partial charge on any atom is -0.503 e. The summed E-state index contributed by atoms with van der Waals surface area (Å²) in [4.78, 5) is 29.5. The molecule has 2 aromatic carbocycles. The smallest absolute Gasteiger partial charge is 0.290 e. The molecule has 0 saturated heterocycles. The largest absolute Gasteiger partial charge is 0.503 e. The first-order valence-corrected chi connectivity index (χ1v) is 13.3. The number of ketones is 1. The van der Waals surface area contributed by atoms with Crippen molar-refractivity contribution in [3.63, 3.8) is 0 Å². The molecular weight excluding hydrogens is 524 g/mol. The first kappa shape index (κ1) is 24.3. The van der Waals surface area contributed by atoms with Gasteiger partial charge in [-0.25, -0.2) is 0 Å². The van der Waals surface area contributed by atoms with E-state index in [1.54, 1.807) is 23.1 Å². The molecule has 0 aliphatic carbocycles. The molecule has 7 nitrogen and oxygen atoms in total. The molecule has 38 heavy (non-hydrogen) atoms. The number of furan rings is 1. The van der Waals surface area contributed by atoms with Crippen LogP contribution in [0.25, 0.3) is 21.9 Å². The number of nitrogens with zero attached hydrogens (tertiary/aromatic N) is 2. The molecule has 0 bridgehead atoms. The minimum atomic E-state index is -0.733. The van der Waals surface area contributed by atoms with Gasteiger partial charge in [0.1, 0.15) is 0 Å². The highest BCUT2D eigenvalue weighted by molar-refractivity contribution is 7.10. The van der Waals surface area contributed by atoms with Crippen LogP contribution in [0.3, 0.4) is 0 Å². The summed E-state index contributed by atoms with van der Waals surface area (Å²) in [6.07, 6.45) is 2.61. The first-order chi connectivity index (χ1) is 18.4. The van der Waals surface area contributed by atoms with E-state index < -0.39 is 23.5 Å². The molecule has 1 N–H and O–H groups in total. The summed E-state index contributed by atoms with van der Waals surface area (Å²) in [6.45, 7) is 0.319. The zero-order chi connectivity index (χ0) is 26.6. The number of ether oxygens (including phenoxy) is 1. The Labute approximate surface area is 227 Å². The number of methoxy groups -OCH3 is 1. The molecule has 0 saturated carbocycles. The van der Waals surface area contributed by atoms with Crippen molar-refractivity contribution >= 4 is 56.5 Å². The Balaban J connectivity index is 1.37. The molecule has 1 amide bonds. The summed E-state index contributed by atoms with van der Waals surface area (Å²) in [5.41, 5.74) is 2.55. The Hall–Kier alpha value is -4.01. The number of amides is 1. The van der Waals surface area contributed by atoms with Gasteiger partial charge in [0.25, 0.3) is 5.91 Å². The Bertz CT molecular complexity index is 1750. The number of fused-ring (bicyclic) bond motifs is 2. The standard InChI is InChI=1S/C29H23ClN2O5S/c1-31-15-16(19-6-3-4-7-20(19)31)9-10-32-25(23-8-5-11-38-23)24(27(34)29(32)35)26(33)21-13-17-12-18(30)14-22(36-2)28(17)37-21/h3-8,11-15,25,34H,9-10H2,1-2H3. The molecule has 9 heteroatoms. The van der Waals surface area contributed by atoms with Crippen molar-refractivity contribution in [3.05, 3.63) is 98.7 Å². The van der Waals surface area contributed by atoms with Gasteiger partial charge in [0.2, 0.25) is 5.78 Å². The van der Waals surface area contributed by atoms with E-state index in [1.807, 2.05) is 42.8 Å². The molecule has 6 rings (SSSR count). The number of hydrogen-bond donors (Lipinski definition) is 1. The van der Waals surface area contributed by atoms with Gasteiger partial charge in [-0.3, -0.25) is 9.59 Å². The predicted molar refractivity (Wildman–Crippen MR) is 147 cm³/mol. The van der Waals surface area contributed by atoms with Crippen LogP contribution in [0.2, 0.25) is 5.02 Å². The Kier molecular flexibility index (Phi) is 6.01. The number of aromatic nitrogens is 1. The van der Waals surface area contributed by atoms with Crippen molar-refractivity contribution in [2.45, 2.75) is 12.5 Å². The van der Waals surface area contributed by atoms with Crippen LogP contribution in [-0.2, 0) is 18.3 Å². The summed E-state index contributed by atoms with van der Waals surface area (Å²) in [5.74, 6) is -1.32. The van der Waals surface area contributed by atoms with Crippen LogP contribution in [0.5, 0.6) is 5.75 Å². The van der Waals surface area contributed by atoms with Gasteiger partial charge in [0.05, 0.1) is 18.7 Å². The van der Waals surface area contributed by atoms with Crippen molar-refractivity contribution in [1.82, 2.24) is 9.47 Å². The lowest BCUT2D eigenvalue weighted by Gasteiger charge is -2.25. The van der Waals surface area contributed by atoms with E-state index >= 15 is 0 Å². The number of thiophene rings is 1. The van der Waals surface area contributed by atoms with Crippen LogP contribution < -0.4 is 4.74 Å². The summed E-state index contributed by atoms with van der Waals surface area (Å²) < 4.78 is 13.3. The van der Waals surface area contributed by atoms with E-state index in [0.717, 1.165) is 21.3 Å². The maximum atomic E-state index is 13.8. The summed E-state index contributed by atoms with van der Waals surface area (Å²) >= 11 is 7.61. The fraction of sp³-hybridized carbons (Fsp3) is 0.172. The maximum absolute atomic E-state index is 13.8. The monoisotopic (exact) mass is 546 g/mol. The van der Waals surface area contributed by atoms with Crippen LogP contribution in [0.1, 0.15) is 27.0 Å². The van der Waals surface area contributed by atoms with Gasteiger partial charge in [-0.05, 0) is 41.6 Å². The van der Waals surface area contributed by atoms with Gasteiger partial charge in [0.15, 0.2) is 22.9 Å². The van der Waals surface area contributed by atoms with Gasteiger partial charge in [-0.1, -0.05) is 35.9 Å². The number of para-hydroxylation sites is 1. The van der Waals surface area contributed by atoms with Crippen LogP contribution in [0.15, 0.2) is 81.9 Å². The third kappa shape index (κ3) is 3.88. The SMILES string of the molecule is COc1cc(Cl)cc2cc(C(=O)C3=C(O)C(=O)N(CCc4cn(C)c5ccccc45)C3c3cccs3)oc12. The molecule has 4 heterocycles. The summed E-state index contributed by atoms with van der Waals surface area (Å²) in [5, 5.41) is 15.0. The number of aryl methyl sites for hydroxylation is 1. The molecule has 5 aromatic rings. The van der Waals surface area contributed by atoms with Crippen molar-refractivity contribution in [2.75, 3.05) is 13.7 Å². The minimum absolute atomic E-state index is 0.000473. The molecule has 1 atom stereocenters. The van der Waals surface area contributed by atoms with E-state index in [2.05, 4.69) is 16.8 Å². The van der Waals surface area contributed by atoms with E-state index in [4.69, 9.17) is 20.8 Å². The van der Waals surface area contributed by atoms with Crippen LogP contribution in [-0.4, -0.2) is 39.9 Å². The van der Waals surface area contributed by atoms with Crippen molar-refractivity contribution in [3.8, 4) is 5.75 Å². The average molecular weight is 547 g/mol. The van der Waals surface area contributed by atoms with E-state index in [-0.39, 0.29) is 11.3 Å². The zero-order valence-corrected chi connectivity index (χ0v) is 22.2. The molecule has 0 fully saturated rings. The number of carbonyl (C=O) groups excluding carboxylic acids is 2. The normalized spacial score (nSPS) is 15.8. The molecular formula is C29H23ClN2O5S. The Morgan fingerprint density at radius 3 is 2.76 bits per heavy atom. The molecule has 192 valence electrons. The third-order valence-electron chi connectivity index (χ3n) is 6.95. The molecule has 3 aromatic heterocycles. The molecule has 1 aliphatic rings. The third-order valence-corrected chi connectivity index (χ3v) is 8.10. The summed E-state index contributed by atoms with van der Waals surface area (Å²) in [7, 11) is 3.47. The molecule has 0 radical (unpaired) electrons. The number of aliphatic hydroxyl groups excluding tert-OH is 1. The number of benzene rings is 2. The van der Waals surface area contributed by atoms with Gasteiger partial charge < -0.3 is 23.7 Å². The number of rotatable bonds is 7. The average Bonchev–Trinajstić information content (AvgIpc) is 3.69. The quantitative estimate of drug-likeness (QED) is 0.236. The van der Waals surface area contributed by atoms with Gasteiger partial charge in [-0.2, -0.15) is 0 Å². The second kappa shape index (κ2) is 9.38. The lowest BCUT2D eigenvalue weighted by molar-refractivity contribution is -0.129. The number of aliphatic hydroxyl groups is 1. The zero-order valence-electron chi connectivity index (χ0n) is 20.6. The van der Waals surface area contributed by atoms with Crippen LogP contribution in [0, 0.1) is 0 Å². The fourth-order valence-electron chi connectivity index (χ4n) is 5.21. The second-order valence-corrected chi connectivity index (χ2v) is 10.6. The number of Topliss-reactive ketones (excluding diaryl/α,β-unsaturated/α-hetero) is 1. The predicted octanol–water partition coefficient (Wildman–Crippen LogP) is 6.47. The Morgan fingerprint density at radius 2 is 2.00 bits per heavy atom. The van der Waals surface area contributed by atoms with Crippen LogP contribution in [0.4, 0.5) is 0 Å². The lowest BCUT2D eigenvalue weighted by Crippen LogP contribution is -2.32. The Morgan fingerprint density at radius 1 is 1.18 bits per heavy atom. The molecule has 0 spiro atoms. The molecule has 1 aliphatic heterocycles. The summed E-state index contributed by atoms with van der Waals surface area (Å²) in [6, 6.07) is 15.9. The lowest BCUT2D eigenvalue weighted by atomic mass is 10.00. The van der Waals surface area contributed by atoms with Gasteiger partial charge >= 0.3 is 0 Å². The topological polar surface area (TPSA) is 84.9 Å². The van der Waals surface area contributed by atoms with E-state index in [0.29, 0.717) is 34.7 Å². The maximum Gasteiger partial charge on any atom is 0.290 e. The van der Waals surface area contributed by atoms with E-state index in [9.17, 15) is 14.7 Å². The number of carbonyl (C=O) groups is 2. The second-order valence-electron chi connectivity index (χ2n) is 9.18. The highest BCUT2D eigenvalue weighted by Gasteiger charge is 2.45. The van der Waals surface area contributed by atoms with Gasteiger partial charge in [0, 0.05) is 52.0 Å². The number of hydrogen-bond acceptors (Lipinski definition) is 6. The highest BCUT2D eigenvalue weighted by Crippen LogP contribution is 2.42. The van der Waals surface area contributed by atoms with Crippen LogP contribution >= 0.6 is 22.9 Å². The fourth-order valence-corrected chi connectivity index (χ4v) is 6.27. The highest BCUT2D eigenvalue weighted by atomic mass is 35.5. The van der Waals surface area contributed by atoms with Crippen molar-refractivity contribution in [2.24, 2.45) is 7.05 Å². The molecule has 1 unspecified atom stereocenters. The van der Waals surface area contributed by atoms with Crippen molar-refractivity contribution in [1.29, 1.82) is 0 Å². The number of halogens is 1. The van der Waals surface area contributed by atoms with E-state index in [1.165, 1.54) is 18.4 Å². The van der Waals surface area contributed by atoms with Crippen molar-refractivity contribution < 1.29 is 23.8 Å². The first-order valence-electron chi connectivity index (χ1n) is 12.0. The van der Waals surface area contributed by atoms with Gasteiger partial charge in [-0.15, -0.1) is 11.3 Å².